The molecule has 0 spiro atoms. The van der Waals surface area contributed by atoms with Gasteiger partial charge in [-0.3, -0.25) is 4.79 Å². The molecule has 1 amide bonds. The summed E-state index contributed by atoms with van der Waals surface area (Å²) in [5.41, 5.74) is 0. The molecule has 0 radical (unpaired) electrons. The van der Waals surface area contributed by atoms with Gasteiger partial charge in [0.25, 0.3) is 0 Å². The van der Waals surface area contributed by atoms with Gasteiger partial charge in [0.15, 0.2) is 0 Å². The molecule has 0 rings (SSSR count). The minimum Gasteiger partial charge on any atom is -0.359 e. The zero-order valence-electron chi connectivity index (χ0n) is 3.82. The van der Waals surface area contributed by atoms with E-state index in [1.165, 1.54) is 6.92 Å². The van der Waals surface area contributed by atoms with E-state index in [9.17, 15) is 4.79 Å². The van der Waals surface area contributed by atoms with Crippen LogP contribution < -0.4 is 5.32 Å². The summed E-state index contributed by atoms with van der Waals surface area (Å²) < 4.78 is 0. The zero-order valence-corrected chi connectivity index (χ0v) is 5.53. The Morgan fingerprint density at radius 2 is 1.83 bits per heavy atom. The van der Waals surface area contributed by atoms with Crippen LogP contribution in [0, 0.1) is 0 Å². The van der Waals surface area contributed by atoms with Crippen LogP contribution in [0.15, 0.2) is 0 Å². The van der Waals surface area contributed by atoms with Crippen molar-refractivity contribution in [2.45, 2.75) is 6.92 Å². The Morgan fingerprint density at radius 1 is 1.67 bits per heavy atom. The summed E-state index contributed by atoms with van der Waals surface area (Å²) in [6, 6.07) is 0. The molecule has 0 aliphatic heterocycles. The molecule has 0 aliphatic rings. The van der Waals surface area contributed by atoms with Gasteiger partial charge in [-0.1, -0.05) is 0 Å². The predicted molar refractivity (Wildman–Crippen MR) is 30.1 cm³/mol. The Labute approximate surface area is 47.7 Å². The largest absolute Gasteiger partial charge is 0.359 e. The molecule has 1 N–H and O–H groups in total. The standard InChI is InChI=1S/C3H7NO.BrH/c1-3(5)4-2;/h1-2H3,(H,4,5);1H. The van der Waals surface area contributed by atoms with Crippen LogP contribution in [-0.4, -0.2) is 13.0 Å². The molecule has 0 aliphatic carbocycles. The molecule has 6 heavy (non-hydrogen) atoms. The quantitative estimate of drug-likeness (QED) is 0.535. The SMILES string of the molecule is Br.CNC(C)=O. The van der Waals surface area contributed by atoms with Gasteiger partial charge in [0.1, 0.15) is 0 Å². The predicted octanol–water partition coefficient (Wildman–Crippen LogP) is 0.330. The van der Waals surface area contributed by atoms with Gasteiger partial charge in [0.05, 0.1) is 0 Å². The van der Waals surface area contributed by atoms with Crippen LogP contribution in [0.2, 0.25) is 0 Å². The Balaban J connectivity index is 0. The third kappa shape index (κ3) is 9.04. The molecule has 0 aromatic heterocycles. The number of carbonyl (C=O) groups excluding carboxylic acids is 1. The van der Waals surface area contributed by atoms with Crippen molar-refractivity contribution >= 4 is 22.9 Å². The van der Waals surface area contributed by atoms with Gasteiger partial charge >= 0.3 is 0 Å². The summed E-state index contributed by atoms with van der Waals surface area (Å²) in [4.78, 5) is 9.70. The number of amides is 1. The normalized spacial score (nSPS) is 5.67. The number of rotatable bonds is 0. The molecule has 0 unspecified atom stereocenters. The molecule has 2 nitrogen and oxygen atoms in total. The molecule has 0 aromatic carbocycles. The maximum atomic E-state index is 9.70. The summed E-state index contributed by atoms with van der Waals surface area (Å²) in [5, 5.41) is 2.39. The highest BCUT2D eigenvalue weighted by Gasteiger charge is 1.72. The lowest BCUT2D eigenvalue weighted by Crippen LogP contribution is -2.11. The number of halogens is 1. The second-order valence-corrected chi connectivity index (χ2v) is 0.806. The minimum atomic E-state index is 0. The number of carbonyl (C=O) groups is 1. The summed E-state index contributed by atoms with van der Waals surface area (Å²) in [7, 11) is 1.60. The topological polar surface area (TPSA) is 29.1 Å². The average molecular weight is 154 g/mol. The van der Waals surface area contributed by atoms with Gasteiger partial charge in [-0.05, 0) is 0 Å². The van der Waals surface area contributed by atoms with Crippen LogP contribution in [0.5, 0.6) is 0 Å². The van der Waals surface area contributed by atoms with Crippen LogP contribution in [0.25, 0.3) is 0 Å². The molecule has 3 heteroatoms. The summed E-state index contributed by atoms with van der Waals surface area (Å²) >= 11 is 0. The molecule has 0 fully saturated rings. The van der Waals surface area contributed by atoms with Crippen molar-refractivity contribution in [2.24, 2.45) is 0 Å². The molecule has 0 saturated carbocycles. The van der Waals surface area contributed by atoms with Gasteiger partial charge in [0, 0.05) is 14.0 Å². The Hall–Kier alpha value is -0.0500. The lowest BCUT2D eigenvalue weighted by Gasteiger charge is -1.80. The molecule has 38 valence electrons. The van der Waals surface area contributed by atoms with E-state index in [-0.39, 0.29) is 22.9 Å². The third-order valence-corrected chi connectivity index (χ3v) is 0.352. The highest BCUT2D eigenvalue weighted by atomic mass is 79.9. The first kappa shape index (κ1) is 9.34. The van der Waals surface area contributed by atoms with Gasteiger partial charge in [-0.25, -0.2) is 0 Å². The highest BCUT2D eigenvalue weighted by Crippen LogP contribution is 1.45. The van der Waals surface area contributed by atoms with E-state index < -0.39 is 0 Å². The lowest BCUT2D eigenvalue weighted by atomic mass is 10.7. The number of hydrogen-bond acceptors (Lipinski definition) is 1. The number of nitrogens with one attached hydrogen (secondary N) is 1. The summed E-state index contributed by atoms with van der Waals surface area (Å²) in [6.07, 6.45) is 0. The van der Waals surface area contributed by atoms with Gasteiger partial charge < -0.3 is 5.32 Å². The molecule has 0 saturated heterocycles. The minimum absolute atomic E-state index is 0. The second kappa shape index (κ2) is 4.95. The Morgan fingerprint density at radius 3 is 1.83 bits per heavy atom. The van der Waals surface area contributed by atoms with Gasteiger partial charge in [-0.2, -0.15) is 0 Å². The smallest absolute Gasteiger partial charge is 0.216 e. The van der Waals surface area contributed by atoms with Gasteiger partial charge in [-0.15, -0.1) is 17.0 Å². The van der Waals surface area contributed by atoms with E-state index >= 15 is 0 Å². The van der Waals surface area contributed by atoms with Crippen molar-refractivity contribution in [3.8, 4) is 0 Å². The third-order valence-electron chi connectivity index (χ3n) is 0.352. The lowest BCUT2D eigenvalue weighted by molar-refractivity contribution is -0.118. The van der Waals surface area contributed by atoms with Crippen molar-refractivity contribution in [2.75, 3.05) is 7.05 Å². The van der Waals surface area contributed by atoms with E-state index in [0.717, 1.165) is 0 Å². The average Bonchev–Trinajstić information content (AvgIpc) is 1.38. The van der Waals surface area contributed by atoms with Crippen molar-refractivity contribution in [1.82, 2.24) is 5.32 Å². The van der Waals surface area contributed by atoms with E-state index in [0.29, 0.717) is 0 Å². The monoisotopic (exact) mass is 153 g/mol. The highest BCUT2D eigenvalue weighted by molar-refractivity contribution is 8.93. The van der Waals surface area contributed by atoms with Crippen molar-refractivity contribution in [3.05, 3.63) is 0 Å². The maximum Gasteiger partial charge on any atom is 0.216 e. The first-order valence-corrected chi connectivity index (χ1v) is 1.45. The number of hydrogen-bond donors (Lipinski definition) is 1. The maximum absolute atomic E-state index is 9.70. The molecular formula is C3H8BrNO. The summed E-state index contributed by atoms with van der Waals surface area (Å²) in [6.45, 7) is 1.47. The van der Waals surface area contributed by atoms with Crippen LogP contribution >= 0.6 is 17.0 Å². The second-order valence-electron chi connectivity index (χ2n) is 0.806. The summed E-state index contributed by atoms with van der Waals surface area (Å²) in [5.74, 6) is 0.00463. The van der Waals surface area contributed by atoms with Crippen molar-refractivity contribution < 1.29 is 4.79 Å². The first-order valence-electron chi connectivity index (χ1n) is 1.45. The van der Waals surface area contributed by atoms with Crippen molar-refractivity contribution in [1.29, 1.82) is 0 Å². The van der Waals surface area contributed by atoms with Crippen LogP contribution in [0.1, 0.15) is 6.92 Å². The van der Waals surface area contributed by atoms with Crippen molar-refractivity contribution in [3.63, 3.8) is 0 Å². The van der Waals surface area contributed by atoms with Crippen LogP contribution in [-0.2, 0) is 4.79 Å². The van der Waals surface area contributed by atoms with E-state index in [2.05, 4.69) is 5.32 Å². The zero-order chi connectivity index (χ0) is 4.28. The Kier molecular flexibility index (Phi) is 7.71. The van der Waals surface area contributed by atoms with E-state index in [1.807, 2.05) is 0 Å². The van der Waals surface area contributed by atoms with Gasteiger partial charge in [0.2, 0.25) is 5.91 Å². The molecule has 0 aromatic rings. The van der Waals surface area contributed by atoms with E-state index in [1.54, 1.807) is 7.05 Å². The van der Waals surface area contributed by atoms with Crippen LogP contribution in [0.4, 0.5) is 0 Å². The molecule has 0 atom stereocenters. The van der Waals surface area contributed by atoms with E-state index in [4.69, 9.17) is 0 Å². The molecular weight excluding hydrogens is 146 g/mol. The Bertz CT molecular complexity index is 46.1. The molecule has 0 bridgehead atoms. The fourth-order valence-electron chi connectivity index (χ4n) is 0. The molecule has 0 heterocycles. The fourth-order valence-corrected chi connectivity index (χ4v) is 0. The first-order chi connectivity index (χ1) is 2.27. The fraction of sp³-hybridized carbons (Fsp3) is 0.667. The van der Waals surface area contributed by atoms with Crippen LogP contribution in [0.3, 0.4) is 0 Å².